The van der Waals surface area contributed by atoms with E-state index in [1.54, 1.807) is 36.6 Å². The van der Waals surface area contributed by atoms with Crippen molar-refractivity contribution in [1.29, 1.82) is 0 Å². The lowest BCUT2D eigenvalue weighted by molar-refractivity contribution is 0.101. The molecule has 0 aliphatic heterocycles. The molecular formula is C21H17ClN2O2. The highest BCUT2D eigenvalue weighted by molar-refractivity contribution is 6.31. The third-order valence-corrected chi connectivity index (χ3v) is 4.53. The summed E-state index contributed by atoms with van der Waals surface area (Å²) in [6.45, 7) is 2.64. The summed E-state index contributed by atoms with van der Waals surface area (Å²) in [4.78, 5) is 12.8. The fraction of sp³-hybridized carbons (Fsp3) is 0.0952. The van der Waals surface area contributed by atoms with E-state index in [-0.39, 0.29) is 5.91 Å². The summed E-state index contributed by atoms with van der Waals surface area (Å²) in [5.41, 5.74) is 5.09. The van der Waals surface area contributed by atoms with Gasteiger partial charge in [0.15, 0.2) is 5.58 Å². The number of hydrogen-bond donors (Lipinski definition) is 1. The molecular weight excluding hydrogens is 348 g/mol. The van der Waals surface area contributed by atoms with Crippen molar-refractivity contribution in [2.24, 2.45) is 0 Å². The number of benzene rings is 2. The summed E-state index contributed by atoms with van der Waals surface area (Å²) in [5.74, 6) is -0.203. The zero-order chi connectivity index (χ0) is 18.1. The van der Waals surface area contributed by atoms with Crippen LogP contribution in [0.15, 0.2) is 71.3 Å². The van der Waals surface area contributed by atoms with Crippen LogP contribution in [0.2, 0.25) is 5.02 Å². The van der Waals surface area contributed by atoms with Gasteiger partial charge in [-0.05, 0) is 30.7 Å². The van der Waals surface area contributed by atoms with Crippen molar-refractivity contribution in [3.63, 3.8) is 0 Å². The molecule has 0 saturated carbocycles. The highest BCUT2D eigenvalue weighted by Crippen LogP contribution is 2.24. The molecule has 0 atom stereocenters. The second-order valence-electron chi connectivity index (χ2n) is 6.24. The van der Waals surface area contributed by atoms with Gasteiger partial charge in [0.2, 0.25) is 0 Å². The molecule has 0 saturated heterocycles. The van der Waals surface area contributed by atoms with E-state index in [4.69, 9.17) is 16.0 Å². The van der Waals surface area contributed by atoms with Gasteiger partial charge in [-0.15, -0.1) is 0 Å². The van der Waals surface area contributed by atoms with Gasteiger partial charge >= 0.3 is 0 Å². The summed E-state index contributed by atoms with van der Waals surface area (Å²) in [7, 11) is 0. The number of furan rings is 1. The Hall–Kier alpha value is -2.98. The fourth-order valence-electron chi connectivity index (χ4n) is 2.97. The molecule has 2 aromatic carbocycles. The number of aryl methyl sites for hydroxylation is 1. The number of hydrogen-bond acceptors (Lipinski definition) is 2. The van der Waals surface area contributed by atoms with Gasteiger partial charge in [-0.3, -0.25) is 4.79 Å². The number of anilines is 1. The molecule has 1 N–H and O–H groups in total. The number of carbonyl (C=O) groups excluding carboxylic acids is 1. The Morgan fingerprint density at radius 1 is 1.12 bits per heavy atom. The van der Waals surface area contributed by atoms with Crippen LogP contribution in [-0.2, 0) is 6.54 Å². The van der Waals surface area contributed by atoms with Gasteiger partial charge in [0.25, 0.3) is 5.91 Å². The Labute approximate surface area is 156 Å². The molecule has 0 aliphatic carbocycles. The van der Waals surface area contributed by atoms with Gasteiger partial charge in [-0.1, -0.05) is 47.5 Å². The summed E-state index contributed by atoms with van der Waals surface area (Å²) in [6, 6.07) is 19.0. The first kappa shape index (κ1) is 16.5. The molecule has 2 aromatic heterocycles. The first-order chi connectivity index (χ1) is 12.6. The molecule has 4 nitrogen and oxygen atoms in total. The van der Waals surface area contributed by atoms with Crippen LogP contribution in [-0.4, -0.2) is 10.5 Å². The lowest BCUT2D eigenvalue weighted by Crippen LogP contribution is -2.17. The first-order valence-electron chi connectivity index (χ1n) is 8.29. The minimum Gasteiger partial charge on any atom is -0.463 e. The Morgan fingerprint density at radius 2 is 1.92 bits per heavy atom. The second-order valence-corrected chi connectivity index (χ2v) is 6.67. The second kappa shape index (κ2) is 6.73. The van der Waals surface area contributed by atoms with Crippen molar-refractivity contribution in [1.82, 2.24) is 4.57 Å². The van der Waals surface area contributed by atoms with Crippen LogP contribution in [0.4, 0.5) is 5.69 Å². The van der Waals surface area contributed by atoms with Gasteiger partial charge in [0, 0.05) is 29.4 Å². The third kappa shape index (κ3) is 3.24. The van der Waals surface area contributed by atoms with Gasteiger partial charge in [-0.2, -0.15) is 0 Å². The van der Waals surface area contributed by atoms with Gasteiger partial charge in [0.1, 0.15) is 5.69 Å². The van der Waals surface area contributed by atoms with Gasteiger partial charge < -0.3 is 14.3 Å². The van der Waals surface area contributed by atoms with Crippen LogP contribution >= 0.6 is 11.6 Å². The zero-order valence-electron chi connectivity index (χ0n) is 14.2. The van der Waals surface area contributed by atoms with E-state index < -0.39 is 0 Å². The molecule has 0 aliphatic rings. The number of nitrogens with one attached hydrogen (secondary N) is 1. The van der Waals surface area contributed by atoms with Crippen LogP contribution in [0.1, 0.15) is 21.6 Å². The van der Waals surface area contributed by atoms with Crippen molar-refractivity contribution in [3.05, 3.63) is 88.8 Å². The van der Waals surface area contributed by atoms with E-state index in [1.807, 2.05) is 10.6 Å². The van der Waals surface area contributed by atoms with E-state index in [1.165, 1.54) is 5.56 Å². The average molecular weight is 365 g/mol. The number of carbonyl (C=O) groups is 1. The molecule has 5 heteroatoms. The Bertz CT molecular complexity index is 1080. The number of nitrogens with zero attached hydrogens (tertiary/aromatic N) is 1. The maximum Gasteiger partial charge on any atom is 0.272 e. The minimum atomic E-state index is -0.203. The first-order valence-corrected chi connectivity index (χ1v) is 8.67. The summed E-state index contributed by atoms with van der Waals surface area (Å²) >= 11 is 6.00. The number of fused-ring (bicyclic) bond motifs is 1. The number of halogens is 1. The molecule has 0 unspecified atom stereocenters. The van der Waals surface area contributed by atoms with E-state index in [0.717, 1.165) is 11.1 Å². The molecule has 2 heterocycles. The molecule has 0 bridgehead atoms. The normalized spacial score (nSPS) is 11.0. The zero-order valence-corrected chi connectivity index (χ0v) is 15.0. The van der Waals surface area contributed by atoms with E-state index in [9.17, 15) is 4.79 Å². The summed E-state index contributed by atoms with van der Waals surface area (Å²) in [6.07, 6.45) is 1.63. The van der Waals surface area contributed by atoms with E-state index >= 15 is 0 Å². The predicted molar refractivity (Wildman–Crippen MR) is 104 cm³/mol. The molecule has 26 heavy (non-hydrogen) atoms. The molecule has 0 fully saturated rings. The summed E-state index contributed by atoms with van der Waals surface area (Å²) < 4.78 is 7.46. The maximum absolute atomic E-state index is 12.8. The Morgan fingerprint density at radius 3 is 2.69 bits per heavy atom. The topological polar surface area (TPSA) is 47.2 Å². The minimum absolute atomic E-state index is 0.203. The lowest BCUT2D eigenvalue weighted by Gasteiger charge is -2.11. The van der Waals surface area contributed by atoms with Crippen LogP contribution < -0.4 is 5.32 Å². The largest absolute Gasteiger partial charge is 0.463 e. The van der Waals surface area contributed by atoms with Crippen molar-refractivity contribution in [3.8, 4) is 0 Å². The molecule has 4 rings (SSSR count). The van der Waals surface area contributed by atoms with Crippen LogP contribution in [0.25, 0.3) is 11.1 Å². The molecule has 4 aromatic rings. The van der Waals surface area contributed by atoms with Crippen molar-refractivity contribution in [2.45, 2.75) is 13.5 Å². The molecule has 0 spiro atoms. The summed E-state index contributed by atoms with van der Waals surface area (Å²) in [5, 5.41) is 3.47. The smallest absolute Gasteiger partial charge is 0.272 e. The highest BCUT2D eigenvalue weighted by Gasteiger charge is 2.18. The fourth-order valence-corrected chi connectivity index (χ4v) is 3.16. The van der Waals surface area contributed by atoms with E-state index in [0.29, 0.717) is 28.5 Å². The van der Waals surface area contributed by atoms with Crippen LogP contribution in [0, 0.1) is 6.92 Å². The van der Waals surface area contributed by atoms with Crippen molar-refractivity contribution < 1.29 is 9.21 Å². The number of rotatable bonds is 4. The standard InChI is InChI=1S/C21H17ClN2O2/c1-14-5-7-15(8-6-14)13-24-18-9-10-26-20(18)12-19(24)21(25)23-17-4-2-3-16(22)11-17/h2-12H,13H2,1H3,(H,23,25). The third-order valence-electron chi connectivity index (χ3n) is 4.30. The molecule has 0 radical (unpaired) electrons. The average Bonchev–Trinajstić information content (AvgIpc) is 3.19. The highest BCUT2D eigenvalue weighted by atomic mass is 35.5. The lowest BCUT2D eigenvalue weighted by atomic mass is 10.1. The molecule has 130 valence electrons. The van der Waals surface area contributed by atoms with Crippen molar-refractivity contribution in [2.75, 3.05) is 5.32 Å². The SMILES string of the molecule is Cc1ccc(Cn2c(C(=O)Nc3cccc(Cl)c3)cc3occc32)cc1. The molecule has 1 amide bonds. The van der Waals surface area contributed by atoms with E-state index in [2.05, 4.69) is 36.5 Å². The van der Waals surface area contributed by atoms with Crippen LogP contribution in [0.5, 0.6) is 0 Å². The predicted octanol–water partition coefficient (Wildman–Crippen LogP) is 5.50. The van der Waals surface area contributed by atoms with Crippen molar-refractivity contribution >= 4 is 34.3 Å². The monoisotopic (exact) mass is 364 g/mol. The quantitative estimate of drug-likeness (QED) is 0.520. The number of aromatic nitrogens is 1. The number of amides is 1. The van der Waals surface area contributed by atoms with Gasteiger partial charge in [-0.25, -0.2) is 0 Å². The van der Waals surface area contributed by atoms with Crippen LogP contribution in [0.3, 0.4) is 0 Å². The Balaban J connectivity index is 1.69. The van der Waals surface area contributed by atoms with Gasteiger partial charge in [0.05, 0.1) is 11.8 Å². The maximum atomic E-state index is 12.8. The Kier molecular flexibility index (Phi) is 4.27.